The van der Waals surface area contributed by atoms with Crippen LogP contribution in [0.25, 0.3) is 0 Å². The summed E-state index contributed by atoms with van der Waals surface area (Å²) in [5.74, 6) is -1.55. The number of hydrogen-bond donors (Lipinski definition) is 2. The molecule has 0 bridgehead atoms. The standard InChI is InChI=1S/C18H30O4/c19-16(20)14-10-12-18(13-11-14,17(21)22)15-8-6-4-2-1-3-5-7-9-15/h14-15H,1-13H2,(H,19,20)(H,21,22). The average molecular weight is 310 g/mol. The van der Waals surface area contributed by atoms with E-state index in [4.69, 9.17) is 5.11 Å². The molecule has 0 aromatic carbocycles. The second-order valence-electron chi connectivity index (χ2n) is 7.32. The molecule has 2 aliphatic rings. The van der Waals surface area contributed by atoms with E-state index >= 15 is 0 Å². The van der Waals surface area contributed by atoms with Crippen molar-refractivity contribution in [1.82, 2.24) is 0 Å². The molecule has 0 heterocycles. The number of carbonyl (C=O) groups is 2. The summed E-state index contributed by atoms with van der Waals surface area (Å²) in [4.78, 5) is 23.2. The van der Waals surface area contributed by atoms with Gasteiger partial charge in [0.1, 0.15) is 0 Å². The van der Waals surface area contributed by atoms with Crippen molar-refractivity contribution in [2.24, 2.45) is 17.3 Å². The van der Waals surface area contributed by atoms with Crippen LogP contribution in [-0.2, 0) is 9.59 Å². The highest BCUT2D eigenvalue weighted by Gasteiger charge is 2.48. The van der Waals surface area contributed by atoms with Gasteiger partial charge >= 0.3 is 11.9 Å². The van der Waals surface area contributed by atoms with Crippen LogP contribution < -0.4 is 0 Å². The summed E-state index contributed by atoms with van der Waals surface area (Å²) < 4.78 is 0. The summed E-state index contributed by atoms with van der Waals surface area (Å²) in [7, 11) is 0. The van der Waals surface area contributed by atoms with Crippen molar-refractivity contribution in [3.05, 3.63) is 0 Å². The van der Waals surface area contributed by atoms with Gasteiger partial charge in [0.15, 0.2) is 0 Å². The van der Waals surface area contributed by atoms with E-state index in [9.17, 15) is 14.7 Å². The molecule has 4 heteroatoms. The summed E-state index contributed by atoms with van der Waals surface area (Å²) >= 11 is 0. The van der Waals surface area contributed by atoms with Crippen molar-refractivity contribution >= 4 is 11.9 Å². The number of carboxylic acid groups (broad SMARTS) is 2. The van der Waals surface area contributed by atoms with Crippen LogP contribution in [0, 0.1) is 17.3 Å². The van der Waals surface area contributed by atoms with Crippen molar-refractivity contribution in [3.63, 3.8) is 0 Å². The second kappa shape index (κ2) is 7.98. The van der Waals surface area contributed by atoms with Crippen LogP contribution in [0.2, 0.25) is 0 Å². The molecule has 4 nitrogen and oxygen atoms in total. The van der Waals surface area contributed by atoms with Crippen LogP contribution >= 0.6 is 0 Å². The SMILES string of the molecule is O=C(O)C1CCC(C(=O)O)(C2CCCCCCCCC2)CC1. The van der Waals surface area contributed by atoms with Gasteiger partial charge in [-0.3, -0.25) is 9.59 Å². The quantitative estimate of drug-likeness (QED) is 0.806. The lowest BCUT2D eigenvalue weighted by Crippen LogP contribution is -2.43. The van der Waals surface area contributed by atoms with Gasteiger partial charge in [-0.25, -0.2) is 0 Å². The maximum atomic E-state index is 12.1. The molecule has 0 aromatic heterocycles. The molecule has 0 spiro atoms. The smallest absolute Gasteiger partial charge is 0.309 e. The lowest BCUT2D eigenvalue weighted by atomic mass is 9.61. The van der Waals surface area contributed by atoms with E-state index in [-0.39, 0.29) is 11.8 Å². The summed E-state index contributed by atoms with van der Waals surface area (Å²) in [5, 5.41) is 19.1. The van der Waals surface area contributed by atoms with Gasteiger partial charge in [-0.15, -0.1) is 0 Å². The van der Waals surface area contributed by atoms with Crippen LogP contribution in [0.1, 0.15) is 83.5 Å². The second-order valence-corrected chi connectivity index (χ2v) is 7.32. The molecule has 0 radical (unpaired) electrons. The zero-order valence-corrected chi connectivity index (χ0v) is 13.6. The molecule has 126 valence electrons. The van der Waals surface area contributed by atoms with Crippen molar-refractivity contribution in [3.8, 4) is 0 Å². The third kappa shape index (κ3) is 4.02. The minimum absolute atomic E-state index is 0.234. The van der Waals surface area contributed by atoms with E-state index in [2.05, 4.69) is 0 Å². The van der Waals surface area contributed by atoms with Crippen LogP contribution in [0.5, 0.6) is 0 Å². The van der Waals surface area contributed by atoms with Crippen molar-refractivity contribution in [2.75, 3.05) is 0 Å². The fourth-order valence-corrected chi connectivity index (χ4v) is 4.54. The highest BCUT2D eigenvalue weighted by Crippen LogP contribution is 2.48. The largest absolute Gasteiger partial charge is 0.481 e. The fraction of sp³-hybridized carbons (Fsp3) is 0.889. The molecule has 0 atom stereocenters. The van der Waals surface area contributed by atoms with Crippen LogP contribution in [-0.4, -0.2) is 22.2 Å². The number of rotatable bonds is 3. The van der Waals surface area contributed by atoms with Crippen molar-refractivity contribution < 1.29 is 19.8 Å². The van der Waals surface area contributed by atoms with E-state index in [1.807, 2.05) is 0 Å². The first-order chi connectivity index (χ1) is 10.6. The summed E-state index contributed by atoms with van der Waals surface area (Å²) in [6.07, 6.45) is 12.7. The molecule has 0 aromatic rings. The molecular formula is C18H30O4. The topological polar surface area (TPSA) is 74.6 Å². The van der Waals surface area contributed by atoms with E-state index in [1.165, 1.54) is 32.1 Å². The molecule has 2 N–H and O–H groups in total. The van der Waals surface area contributed by atoms with Gasteiger partial charge in [-0.1, -0.05) is 44.9 Å². The molecule has 22 heavy (non-hydrogen) atoms. The summed E-state index contributed by atoms with van der Waals surface area (Å²) in [5.41, 5.74) is -0.662. The van der Waals surface area contributed by atoms with Gasteiger partial charge in [-0.05, 0) is 44.4 Å². The highest BCUT2D eigenvalue weighted by molar-refractivity contribution is 5.76. The number of hydrogen-bond acceptors (Lipinski definition) is 2. The van der Waals surface area contributed by atoms with Gasteiger partial charge < -0.3 is 10.2 Å². The lowest BCUT2D eigenvalue weighted by Gasteiger charge is -2.42. The van der Waals surface area contributed by atoms with E-state index in [0.29, 0.717) is 25.7 Å². The Morgan fingerprint density at radius 1 is 0.727 bits per heavy atom. The predicted molar refractivity (Wildman–Crippen MR) is 84.7 cm³/mol. The van der Waals surface area contributed by atoms with Crippen LogP contribution in [0.15, 0.2) is 0 Å². The number of aliphatic carboxylic acids is 2. The summed E-state index contributed by atoms with van der Waals surface area (Å²) in [6, 6.07) is 0. The number of carboxylic acids is 2. The Hall–Kier alpha value is -1.06. The Labute approximate surface area is 133 Å². The molecule has 0 unspecified atom stereocenters. The molecule has 2 fully saturated rings. The molecule has 2 rings (SSSR count). The Morgan fingerprint density at radius 2 is 1.18 bits per heavy atom. The molecule has 0 aliphatic heterocycles. The zero-order valence-electron chi connectivity index (χ0n) is 13.6. The minimum Gasteiger partial charge on any atom is -0.481 e. The van der Waals surface area contributed by atoms with Gasteiger partial charge in [0.25, 0.3) is 0 Å². The first-order valence-corrected chi connectivity index (χ1v) is 9.02. The zero-order chi connectivity index (χ0) is 16.0. The maximum Gasteiger partial charge on any atom is 0.309 e. The van der Waals surface area contributed by atoms with Crippen molar-refractivity contribution in [2.45, 2.75) is 83.5 Å². The molecule has 0 amide bonds. The van der Waals surface area contributed by atoms with Gasteiger partial charge in [0.2, 0.25) is 0 Å². The Kier molecular flexibility index (Phi) is 6.27. The first kappa shape index (κ1) is 17.3. The average Bonchev–Trinajstić information content (AvgIpc) is 2.52. The normalized spacial score (nSPS) is 32.3. The highest BCUT2D eigenvalue weighted by atomic mass is 16.4. The third-order valence-electron chi connectivity index (χ3n) is 6.04. The molecular weight excluding hydrogens is 280 g/mol. The lowest BCUT2D eigenvalue weighted by molar-refractivity contribution is -0.160. The Morgan fingerprint density at radius 3 is 1.59 bits per heavy atom. The van der Waals surface area contributed by atoms with Gasteiger partial charge in [0, 0.05) is 0 Å². The van der Waals surface area contributed by atoms with E-state index in [1.54, 1.807) is 0 Å². The predicted octanol–water partition coefficient (Wildman–Crippen LogP) is 4.47. The first-order valence-electron chi connectivity index (χ1n) is 9.02. The van der Waals surface area contributed by atoms with E-state index < -0.39 is 17.4 Å². The van der Waals surface area contributed by atoms with Crippen LogP contribution in [0.3, 0.4) is 0 Å². The Balaban J connectivity index is 2.07. The fourth-order valence-electron chi connectivity index (χ4n) is 4.54. The Bertz CT molecular complexity index is 373. The van der Waals surface area contributed by atoms with Gasteiger partial charge in [0.05, 0.1) is 11.3 Å². The monoisotopic (exact) mass is 310 g/mol. The molecule has 2 saturated carbocycles. The minimum atomic E-state index is -0.759. The van der Waals surface area contributed by atoms with Crippen molar-refractivity contribution in [1.29, 1.82) is 0 Å². The van der Waals surface area contributed by atoms with Crippen LogP contribution in [0.4, 0.5) is 0 Å². The molecule has 2 aliphatic carbocycles. The third-order valence-corrected chi connectivity index (χ3v) is 6.04. The van der Waals surface area contributed by atoms with E-state index in [0.717, 1.165) is 25.7 Å². The maximum absolute atomic E-state index is 12.1. The summed E-state index contributed by atoms with van der Waals surface area (Å²) in [6.45, 7) is 0. The van der Waals surface area contributed by atoms with Gasteiger partial charge in [-0.2, -0.15) is 0 Å². The molecule has 0 saturated heterocycles.